The van der Waals surface area contributed by atoms with Crippen LogP contribution in [0.1, 0.15) is 18.9 Å². The average Bonchev–Trinajstić information content (AvgIpc) is 3.27. The van der Waals surface area contributed by atoms with Gasteiger partial charge in [-0.3, -0.25) is 4.79 Å². The van der Waals surface area contributed by atoms with E-state index in [1.165, 1.54) is 26.2 Å². The second-order valence-electron chi connectivity index (χ2n) is 8.00. The van der Waals surface area contributed by atoms with Crippen molar-refractivity contribution in [3.63, 3.8) is 0 Å². The van der Waals surface area contributed by atoms with Gasteiger partial charge in [0.05, 0.1) is 17.6 Å². The van der Waals surface area contributed by atoms with Crippen LogP contribution in [0.15, 0.2) is 70.6 Å². The van der Waals surface area contributed by atoms with Crippen LogP contribution in [-0.4, -0.2) is 37.1 Å². The topological polar surface area (TPSA) is 54.5 Å². The number of aromatic nitrogens is 1. The van der Waals surface area contributed by atoms with E-state index in [1.807, 2.05) is 4.90 Å². The van der Waals surface area contributed by atoms with Crippen LogP contribution < -0.4 is 15.0 Å². The fraction of sp³-hybridized carbons (Fsp3) is 0.280. The highest BCUT2D eigenvalue weighted by Crippen LogP contribution is 2.43. The van der Waals surface area contributed by atoms with Gasteiger partial charge in [0.1, 0.15) is 11.6 Å². The first-order chi connectivity index (χ1) is 16.2. The van der Waals surface area contributed by atoms with Crippen LogP contribution in [-0.2, 0) is 11.0 Å². The zero-order valence-corrected chi connectivity index (χ0v) is 19.5. The molecule has 1 N–H and O–H groups in total. The molecule has 0 unspecified atom stereocenters. The van der Waals surface area contributed by atoms with E-state index in [0.29, 0.717) is 40.7 Å². The normalized spacial score (nSPS) is 15.9. The first-order valence-corrected chi connectivity index (χ1v) is 11.6. The fourth-order valence-electron chi connectivity index (χ4n) is 3.99. The third-order valence-corrected chi connectivity index (χ3v) is 6.71. The molecule has 0 aliphatic carbocycles. The van der Waals surface area contributed by atoms with Crippen molar-refractivity contribution < 1.29 is 22.7 Å². The van der Waals surface area contributed by atoms with Gasteiger partial charge in [0.25, 0.3) is 0 Å². The molecule has 2 heterocycles. The van der Waals surface area contributed by atoms with Crippen molar-refractivity contribution in [1.29, 1.82) is 0 Å². The molecule has 34 heavy (non-hydrogen) atoms. The standard InChI is InChI=1S/C25H24F3N3O2S/c1-16(32)30-19-10-12-31(15-19)24-14-18(9-11-29-24)17-7-8-22(20(13-17)25(26,27)28)34-23-6-4-3-5-21(23)33-2/h3-9,11,13-14,19H,10,12,15H2,1-2H3,(H,30,32)/t19-/m0/s1. The largest absolute Gasteiger partial charge is 0.496 e. The maximum atomic E-state index is 14.0. The summed E-state index contributed by atoms with van der Waals surface area (Å²) >= 11 is 1.02. The highest BCUT2D eigenvalue weighted by molar-refractivity contribution is 7.99. The predicted molar refractivity (Wildman–Crippen MR) is 126 cm³/mol. The number of hydrogen-bond acceptors (Lipinski definition) is 5. The Labute approximate surface area is 200 Å². The Hall–Kier alpha value is -3.20. The predicted octanol–water partition coefficient (Wildman–Crippen LogP) is 5.64. The number of halogens is 3. The van der Waals surface area contributed by atoms with Gasteiger partial charge < -0.3 is 15.0 Å². The number of anilines is 1. The molecule has 0 bridgehead atoms. The number of hydrogen-bond donors (Lipinski definition) is 1. The number of carbonyl (C=O) groups is 1. The van der Waals surface area contributed by atoms with Crippen LogP contribution in [0.3, 0.4) is 0 Å². The zero-order chi connectivity index (χ0) is 24.3. The highest BCUT2D eigenvalue weighted by Gasteiger charge is 2.34. The van der Waals surface area contributed by atoms with Gasteiger partial charge in [0.2, 0.25) is 5.91 Å². The third-order valence-electron chi connectivity index (χ3n) is 5.57. The lowest BCUT2D eigenvalue weighted by atomic mass is 10.0. The number of rotatable bonds is 6. The molecule has 1 amide bonds. The van der Waals surface area contributed by atoms with Crippen LogP contribution in [0.4, 0.5) is 19.0 Å². The van der Waals surface area contributed by atoms with E-state index in [-0.39, 0.29) is 16.8 Å². The van der Waals surface area contributed by atoms with Gasteiger partial charge >= 0.3 is 6.18 Å². The van der Waals surface area contributed by atoms with Gasteiger partial charge in [-0.25, -0.2) is 4.98 Å². The molecule has 1 saturated heterocycles. The molecule has 1 aliphatic rings. The number of carbonyl (C=O) groups excluding carboxylic acids is 1. The monoisotopic (exact) mass is 487 g/mol. The molecule has 0 saturated carbocycles. The molecule has 1 aliphatic heterocycles. The molecule has 5 nitrogen and oxygen atoms in total. The minimum atomic E-state index is -4.52. The van der Waals surface area contributed by atoms with Crippen LogP contribution in [0.5, 0.6) is 5.75 Å². The summed E-state index contributed by atoms with van der Waals surface area (Å²) in [6.07, 6.45) is -2.13. The van der Waals surface area contributed by atoms with Gasteiger partial charge in [-0.15, -0.1) is 0 Å². The molecule has 0 radical (unpaired) electrons. The summed E-state index contributed by atoms with van der Waals surface area (Å²) in [5, 5.41) is 2.90. The number of ether oxygens (including phenoxy) is 1. The van der Waals surface area contributed by atoms with Gasteiger partial charge in [-0.1, -0.05) is 30.0 Å². The first-order valence-electron chi connectivity index (χ1n) is 10.7. The molecule has 9 heteroatoms. The molecule has 3 aromatic rings. The Morgan fingerprint density at radius 2 is 1.88 bits per heavy atom. The van der Waals surface area contributed by atoms with Crippen molar-refractivity contribution in [2.75, 3.05) is 25.1 Å². The van der Waals surface area contributed by atoms with Crippen molar-refractivity contribution in [3.8, 4) is 16.9 Å². The van der Waals surface area contributed by atoms with Crippen LogP contribution in [0.25, 0.3) is 11.1 Å². The van der Waals surface area contributed by atoms with Crippen molar-refractivity contribution in [2.24, 2.45) is 0 Å². The summed E-state index contributed by atoms with van der Waals surface area (Å²) in [4.78, 5) is 18.5. The van der Waals surface area contributed by atoms with Gasteiger partial charge in [-0.05, 0) is 53.9 Å². The number of nitrogens with zero attached hydrogens (tertiary/aromatic N) is 2. The van der Waals surface area contributed by atoms with Crippen molar-refractivity contribution >= 4 is 23.5 Å². The first kappa shape index (κ1) is 23.9. The minimum absolute atomic E-state index is 0.0334. The maximum Gasteiger partial charge on any atom is 0.417 e. The number of pyridine rings is 1. The number of para-hydroxylation sites is 1. The minimum Gasteiger partial charge on any atom is -0.496 e. The van der Waals surface area contributed by atoms with Crippen molar-refractivity contribution in [1.82, 2.24) is 10.3 Å². The zero-order valence-electron chi connectivity index (χ0n) is 18.7. The molecular formula is C25H24F3N3O2S. The Balaban J connectivity index is 1.63. The van der Waals surface area contributed by atoms with Crippen molar-refractivity contribution in [3.05, 3.63) is 66.4 Å². The molecule has 4 rings (SSSR count). The number of nitrogens with one attached hydrogen (secondary N) is 1. The van der Waals surface area contributed by atoms with E-state index in [4.69, 9.17) is 4.74 Å². The average molecular weight is 488 g/mol. The second kappa shape index (κ2) is 9.97. The van der Waals surface area contributed by atoms with E-state index in [1.54, 1.807) is 48.7 Å². The van der Waals surface area contributed by atoms with E-state index in [2.05, 4.69) is 10.3 Å². The maximum absolute atomic E-state index is 14.0. The molecule has 1 atom stereocenters. The summed E-state index contributed by atoms with van der Waals surface area (Å²) in [6, 6.07) is 14.9. The Bertz CT molecular complexity index is 1190. The fourth-order valence-corrected chi connectivity index (χ4v) is 5.04. The van der Waals surface area contributed by atoms with Gasteiger partial charge in [0, 0.05) is 37.1 Å². The summed E-state index contributed by atoms with van der Waals surface area (Å²) in [5.74, 6) is 1.11. The number of benzene rings is 2. The summed E-state index contributed by atoms with van der Waals surface area (Å²) in [7, 11) is 1.49. The van der Waals surface area contributed by atoms with Crippen LogP contribution in [0, 0.1) is 0 Å². The molecule has 1 aromatic heterocycles. The van der Waals surface area contributed by atoms with Gasteiger partial charge in [0.15, 0.2) is 0 Å². The van der Waals surface area contributed by atoms with Crippen molar-refractivity contribution in [2.45, 2.75) is 35.4 Å². The van der Waals surface area contributed by atoms with Gasteiger partial charge in [-0.2, -0.15) is 13.2 Å². The van der Waals surface area contributed by atoms with Crippen LogP contribution >= 0.6 is 11.8 Å². The van der Waals surface area contributed by atoms with E-state index in [0.717, 1.165) is 18.2 Å². The lowest BCUT2D eigenvalue weighted by Crippen LogP contribution is -2.35. The SMILES string of the molecule is COc1ccccc1Sc1ccc(-c2ccnc(N3CC[C@H](NC(C)=O)C3)c2)cc1C(F)(F)F. The quantitative estimate of drug-likeness (QED) is 0.488. The Kier molecular flexibility index (Phi) is 7.02. The highest BCUT2D eigenvalue weighted by atomic mass is 32.2. The Morgan fingerprint density at radius 1 is 1.12 bits per heavy atom. The molecular weight excluding hydrogens is 463 g/mol. The van der Waals surface area contributed by atoms with E-state index in [9.17, 15) is 18.0 Å². The molecule has 1 fully saturated rings. The smallest absolute Gasteiger partial charge is 0.417 e. The second-order valence-corrected chi connectivity index (χ2v) is 9.08. The molecule has 0 spiro atoms. The summed E-state index contributed by atoms with van der Waals surface area (Å²) in [5.41, 5.74) is 0.399. The molecule has 2 aromatic carbocycles. The van der Waals surface area contributed by atoms with E-state index < -0.39 is 11.7 Å². The lowest BCUT2D eigenvalue weighted by molar-refractivity contribution is -0.139. The van der Waals surface area contributed by atoms with E-state index >= 15 is 0 Å². The van der Waals surface area contributed by atoms with Crippen LogP contribution in [0.2, 0.25) is 0 Å². The third kappa shape index (κ3) is 5.47. The number of methoxy groups -OCH3 is 1. The lowest BCUT2D eigenvalue weighted by Gasteiger charge is -2.19. The molecule has 178 valence electrons. The Morgan fingerprint density at radius 3 is 2.62 bits per heavy atom. The number of amides is 1. The summed E-state index contributed by atoms with van der Waals surface area (Å²) in [6.45, 7) is 2.80. The summed E-state index contributed by atoms with van der Waals surface area (Å²) < 4.78 is 47.3. The number of alkyl halides is 3.